The van der Waals surface area contributed by atoms with Crippen LogP contribution in [0.5, 0.6) is 0 Å². The lowest BCUT2D eigenvalue weighted by Gasteiger charge is -2.07. The second-order valence-electron chi connectivity index (χ2n) is 6.06. The average Bonchev–Trinajstić information content (AvgIpc) is 3.31. The number of pyridine rings is 1. The van der Waals surface area contributed by atoms with Crippen LogP contribution in [0.15, 0.2) is 66.3 Å². The summed E-state index contributed by atoms with van der Waals surface area (Å²) >= 11 is 1.37. The van der Waals surface area contributed by atoms with Gasteiger partial charge >= 0.3 is 0 Å². The topological polar surface area (TPSA) is 75.5 Å². The zero-order chi connectivity index (χ0) is 18.8. The minimum absolute atomic E-state index is 0.177. The zero-order valence-corrected chi connectivity index (χ0v) is 15.3. The fraction of sp³-hybridized carbons (Fsp3) is 0.0500. The molecule has 0 saturated carbocycles. The van der Waals surface area contributed by atoms with Crippen LogP contribution in [-0.2, 0) is 0 Å². The Hall–Kier alpha value is -3.45. The van der Waals surface area contributed by atoms with E-state index in [2.05, 4.69) is 15.6 Å². The van der Waals surface area contributed by atoms with Gasteiger partial charge in [-0.15, -0.1) is 11.3 Å². The highest BCUT2D eigenvalue weighted by Crippen LogP contribution is 2.18. The summed E-state index contributed by atoms with van der Waals surface area (Å²) in [5.74, 6) is -0.484. The molecule has 0 spiro atoms. The molecule has 27 heavy (non-hydrogen) atoms. The lowest BCUT2D eigenvalue weighted by molar-refractivity contribution is 0.101. The number of nitrogens with zero attached hydrogens (tertiary/aromatic N) is 2. The van der Waals surface area contributed by atoms with Crippen LogP contribution in [0.1, 0.15) is 25.7 Å². The predicted molar refractivity (Wildman–Crippen MR) is 107 cm³/mol. The molecule has 0 aliphatic carbocycles. The van der Waals surface area contributed by atoms with Crippen molar-refractivity contribution in [2.24, 2.45) is 0 Å². The molecular weight excluding hydrogens is 360 g/mol. The summed E-state index contributed by atoms with van der Waals surface area (Å²) in [6, 6.07) is 14.5. The number of hydrogen-bond donors (Lipinski definition) is 2. The van der Waals surface area contributed by atoms with E-state index < -0.39 is 0 Å². The molecule has 0 radical (unpaired) electrons. The van der Waals surface area contributed by atoms with Crippen molar-refractivity contribution in [3.63, 3.8) is 0 Å². The van der Waals surface area contributed by atoms with Gasteiger partial charge < -0.3 is 15.0 Å². The van der Waals surface area contributed by atoms with Gasteiger partial charge in [0.25, 0.3) is 11.8 Å². The third kappa shape index (κ3) is 3.73. The van der Waals surface area contributed by atoms with Gasteiger partial charge in [-0.3, -0.25) is 9.59 Å². The second kappa shape index (κ2) is 7.05. The predicted octanol–water partition coefficient (Wildman–Crippen LogP) is 4.21. The molecule has 0 saturated heterocycles. The van der Waals surface area contributed by atoms with Crippen LogP contribution in [0.3, 0.4) is 0 Å². The van der Waals surface area contributed by atoms with Crippen molar-refractivity contribution in [3.05, 3.63) is 82.4 Å². The molecule has 134 valence electrons. The number of imidazole rings is 1. The highest BCUT2D eigenvalue weighted by molar-refractivity contribution is 7.12. The number of benzene rings is 1. The van der Waals surface area contributed by atoms with Crippen LogP contribution >= 0.6 is 11.3 Å². The fourth-order valence-corrected chi connectivity index (χ4v) is 3.28. The standard InChI is InChI=1S/C20H16N4O2S/c1-13-7-8-24-12-16(23-18(24)10-13)19(25)21-14-4-2-5-15(11-14)22-20(26)17-6-3-9-27-17/h2-12H,1H3,(H,21,25)(H,22,26). The lowest BCUT2D eigenvalue weighted by atomic mass is 10.2. The number of thiophene rings is 1. The monoisotopic (exact) mass is 376 g/mol. The van der Waals surface area contributed by atoms with Crippen LogP contribution in [-0.4, -0.2) is 21.2 Å². The van der Waals surface area contributed by atoms with E-state index in [1.54, 1.807) is 40.9 Å². The van der Waals surface area contributed by atoms with Crippen molar-refractivity contribution in [1.29, 1.82) is 0 Å². The van der Waals surface area contributed by atoms with Gasteiger partial charge in [0.1, 0.15) is 11.3 Å². The maximum Gasteiger partial charge on any atom is 0.275 e. The van der Waals surface area contributed by atoms with Crippen LogP contribution in [0.4, 0.5) is 11.4 Å². The van der Waals surface area contributed by atoms with E-state index in [-0.39, 0.29) is 11.8 Å². The first-order valence-corrected chi connectivity index (χ1v) is 9.18. The Morgan fingerprint density at radius 1 is 1.00 bits per heavy atom. The summed E-state index contributed by atoms with van der Waals surface area (Å²) in [6.45, 7) is 1.98. The van der Waals surface area contributed by atoms with Gasteiger partial charge in [0.15, 0.2) is 0 Å². The van der Waals surface area contributed by atoms with Gasteiger partial charge in [-0.2, -0.15) is 0 Å². The molecule has 0 aliphatic rings. The minimum Gasteiger partial charge on any atom is -0.321 e. The molecule has 6 nitrogen and oxygen atoms in total. The Balaban J connectivity index is 1.50. The number of aryl methyl sites for hydroxylation is 1. The van der Waals surface area contributed by atoms with Gasteiger partial charge in [0.05, 0.1) is 4.88 Å². The molecule has 2 N–H and O–H groups in total. The van der Waals surface area contributed by atoms with E-state index in [9.17, 15) is 9.59 Å². The molecule has 0 atom stereocenters. The van der Waals surface area contributed by atoms with Crippen LogP contribution in [0, 0.1) is 6.92 Å². The van der Waals surface area contributed by atoms with E-state index in [4.69, 9.17) is 0 Å². The number of carbonyl (C=O) groups excluding carboxylic acids is 2. The number of nitrogens with one attached hydrogen (secondary N) is 2. The van der Waals surface area contributed by atoms with Crippen LogP contribution in [0.25, 0.3) is 5.65 Å². The van der Waals surface area contributed by atoms with Gasteiger partial charge in [-0.05, 0) is 54.3 Å². The molecule has 0 aliphatic heterocycles. The normalized spacial score (nSPS) is 10.7. The maximum absolute atomic E-state index is 12.5. The van der Waals surface area contributed by atoms with Gasteiger partial charge in [-0.1, -0.05) is 12.1 Å². The van der Waals surface area contributed by atoms with Crippen molar-refractivity contribution in [2.75, 3.05) is 10.6 Å². The van der Waals surface area contributed by atoms with Crippen LogP contribution in [0.2, 0.25) is 0 Å². The third-order valence-electron chi connectivity index (χ3n) is 3.97. The average molecular weight is 376 g/mol. The molecule has 0 fully saturated rings. The number of aromatic nitrogens is 2. The quantitative estimate of drug-likeness (QED) is 0.560. The van der Waals surface area contributed by atoms with E-state index >= 15 is 0 Å². The Kier molecular flexibility index (Phi) is 4.43. The van der Waals surface area contributed by atoms with Gasteiger partial charge in [-0.25, -0.2) is 4.98 Å². The molecule has 4 aromatic rings. The number of rotatable bonds is 4. The summed E-state index contributed by atoms with van der Waals surface area (Å²) < 4.78 is 1.81. The summed E-state index contributed by atoms with van der Waals surface area (Å²) in [6.07, 6.45) is 3.56. The summed E-state index contributed by atoms with van der Waals surface area (Å²) in [4.78, 5) is 29.7. The second-order valence-corrected chi connectivity index (χ2v) is 7.01. The highest BCUT2D eigenvalue weighted by atomic mass is 32.1. The molecule has 2 amide bonds. The van der Waals surface area contributed by atoms with E-state index in [0.717, 1.165) is 11.2 Å². The summed E-state index contributed by atoms with van der Waals surface area (Å²) in [5.41, 5.74) is 3.31. The lowest BCUT2D eigenvalue weighted by Crippen LogP contribution is -2.13. The van der Waals surface area contributed by atoms with E-state index in [1.165, 1.54) is 11.3 Å². The minimum atomic E-state index is -0.307. The molecule has 0 bridgehead atoms. The third-order valence-corrected chi connectivity index (χ3v) is 4.84. The number of amides is 2. The maximum atomic E-state index is 12.5. The molecule has 4 rings (SSSR count). The molecule has 3 aromatic heterocycles. The first-order chi connectivity index (χ1) is 13.1. The molecular formula is C20H16N4O2S. The summed E-state index contributed by atoms with van der Waals surface area (Å²) in [7, 11) is 0. The van der Waals surface area contributed by atoms with Crippen molar-refractivity contribution in [3.8, 4) is 0 Å². The number of carbonyl (C=O) groups is 2. The fourth-order valence-electron chi connectivity index (χ4n) is 2.66. The van der Waals surface area contributed by atoms with Crippen LogP contribution < -0.4 is 10.6 Å². The zero-order valence-electron chi connectivity index (χ0n) is 14.5. The SMILES string of the molecule is Cc1ccn2cc(C(=O)Nc3cccc(NC(=O)c4cccs4)c3)nc2c1. The summed E-state index contributed by atoms with van der Waals surface area (Å²) in [5, 5.41) is 7.49. The van der Waals surface area contributed by atoms with Crippen molar-refractivity contribution in [2.45, 2.75) is 6.92 Å². The molecule has 0 unspecified atom stereocenters. The van der Waals surface area contributed by atoms with E-state index in [1.807, 2.05) is 36.7 Å². The Morgan fingerprint density at radius 2 is 1.78 bits per heavy atom. The number of fused-ring (bicyclic) bond motifs is 1. The highest BCUT2D eigenvalue weighted by Gasteiger charge is 2.12. The number of hydrogen-bond acceptors (Lipinski definition) is 4. The van der Waals surface area contributed by atoms with E-state index in [0.29, 0.717) is 21.9 Å². The van der Waals surface area contributed by atoms with Crippen molar-refractivity contribution in [1.82, 2.24) is 9.38 Å². The smallest absolute Gasteiger partial charge is 0.275 e. The van der Waals surface area contributed by atoms with Gasteiger partial charge in [0, 0.05) is 23.8 Å². The Bertz CT molecular complexity index is 1130. The largest absolute Gasteiger partial charge is 0.321 e. The van der Waals surface area contributed by atoms with Crippen molar-refractivity contribution >= 4 is 40.2 Å². The molecule has 7 heteroatoms. The first-order valence-electron chi connectivity index (χ1n) is 8.30. The first kappa shape index (κ1) is 17.0. The Morgan fingerprint density at radius 3 is 2.52 bits per heavy atom. The van der Waals surface area contributed by atoms with Crippen molar-refractivity contribution < 1.29 is 9.59 Å². The number of anilines is 2. The molecule has 3 heterocycles. The molecule has 1 aromatic carbocycles. The Labute approximate surface area is 159 Å². The van der Waals surface area contributed by atoms with Gasteiger partial charge in [0.2, 0.25) is 0 Å².